The van der Waals surface area contributed by atoms with Crippen LogP contribution in [0.4, 0.5) is 0 Å². The number of hydrogen-bond acceptors (Lipinski definition) is 6. The van der Waals surface area contributed by atoms with Crippen molar-refractivity contribution >= 4 is 46.3 Å². The number of rotatable bonds is 4. The third kappa shape index (κ3) is 3.42. The van der Waals surface area contributed by atoms with E-state index in [9.17, 15) is 9.59 Å². The minimum atomic E-state index is -0.559. The van der Waals surface area contributed by atoms with Gasteiger partial charge in [-0.25, -0.2) is 4.79 Å². The summed E-state index contributed by atoms with van der Waals surface area (Å²) in [6.45, 7) is 2.44. The molecule has 122 valence electrons. The van der Waals surface area contributed by atoms with Crippen LogP contribution >= 0.6 is 24.0 Å². The zero-order chi connectivity index (χ0) is 17.1. The Kier molecular flexibility index (Phi) is 4.82. The van der Waals surface area contributed by atoms with Crippen molar-refractivity contribution in [3.8, 4) is 5.75 Å². The molecule has 0 spiro atoms. The first-order valence-electron chi connectivity index (χ1n) is 7.19. The Morgan fingerprint density at radius 2 is 2.08 bits per heavy atom. The van der Waals surface area contributed by atoms with E-state index >= 15 is 0 Å². The van der Waals surface area contributed by atoms with Crippen molar-refractivity contribution in [2.24, 2.45) is 0 Å². The average molecular weight is 359 g/mol. The maximum absolute atomic E-state index is 12.2. The lowest BCUT2D eigenvalue weighted by atomic mass is 10.2. The molecular formula is C17H13NO4S2. The van der Waals surface area contributed by atoms with Crippen molar-refractivity contribution in [1.29, 1.82) is 0 Å². The molecule has 1 saturated heterocycles. The summed E-state index contributed by atoms with van der Waals surface area (Å²) in [6, 6.07) is 10.0. The predicted molar refractivity (Wildman–Crippen MR) is 95.7 cm³/mol. The number of likely N-dealkylation sites (N-methyl/N-ethyl adjacent to an activating group) is 1. The van der Waals surface area contributed by atoms with Crippen molar-refractivity contribution in [3.05, 3.63) is 58.9 Å². The van der Waals surface area contributed by atoms with Crippen molar-refractivity contribution in [2.75, 3.05) is 6.54 Å². The number of amides is 1. The molecule has 1 aliphatic heterocycles. The Morgan fingerprint density at radius 3 is 2.67 bits per heavy atom. The molecule has 1 aliphatic rings. The Morgan fingerprint density at radius 1 is 1.33 bits per heavy atom. The summed E-state index contributed by atoms with van der Waals surface area (Å²) in [7, 11) is 0. The summed E-state index contributed by atoms with van der Waals surface area (Å²) in [4.78, 5) is 26.1. The van der Waals surface area contributed by atoms with Crippen molar-refractivity contribution < 1.29 is 18.7 Å². The second kappa shape index (κ2) is 7.02. The van der Waals surface area contributed by atoms with E-state index in [1.54, 1.807) is 41.3 Å². The molecule has 0 N–H and O–H groups in total. The van der Waals surface area contributed by atoms with E-state index in [1.165, 1.54) is 24.1 Å². The van der Waals surface area contributed by atoms with Gasteiger partial charge in [0.25, 0.3) is 5.91 Å². The zero-order valence-electron chi connectivity index (χ0n) is 12.7. The Balaban J connectivity index is 1.71. The molecule has 0 atom stereocenters. The number of thiocarbonyl (C=S) groups is 1. The van der Waals surface area contributed by atoms with Crippen LogP contribution in [0.3, 0.4) is 0 Å². The lowest BCUT2D eigenvalue weighted by Gasteiger charge is -2.09. The third-order valence-electron chi connectivity index (χ3n) is 3.30. The second-order valence-electron chi connectivity index (χ2n) is 4.86. The quantitative estimate of drug-likeness (QED) is 0.359. The van der Waals surface area contributed by atoms with E-state index in [1.807, 2.05) is 6.92 Å². The highest BCUT2D eigenvalue weighted by Crippen LogP contribution is 2.32. The van der Waals surface area contributed by atoms with Crippen LogP contribution in [0, 0.1) is 0 Å². The topological polar surface area (TPSA) is 59.8 Å². The molecule has 7 heteroatoms. The fraction of sp³-hybridized carbons (Fsp3) is 0.118. The molecule has 0 unspecified atom stereocenters. The summed E-state index contributed by atoms with van der Waals surface area (Å²) in [6.07, 6.45) is 3.18. The van der Waals surface area contributed by atoms with Gasteiger partial charge >= 0.3 is 5.97 Å². The van der Waals surface area contributed by atoms with Crippen LogP contribution < -0.4 is 4.74 Å². The van der Waals surface area contributed by atoms with Crippen molar-refractivity contribution in [2.45, 2.75) is 6.92 Å². The van der Waals surface area contributed by atoms with Gasteiger partial charge in [-0.2, -0.15) is 0 Å². The van der Waals surface area contributed by atoms with E-state index in [0.717, 1.165) is 5.56 Å². The number of esters is 1. The molecule has 0 saturated carbocycles. The highest BCUT2D eigenvalue weighted by molar-refractivity contribution is 8.26. The Hall–Kier alpha value is -2.38. The Labute approximate surface area is 148 Å². The highest BCUT2D eigenvalue weighted by atomic mass is 32.2. The smallest absolute Gasteiger partial charge is 0.379 e. The van der Waals surface area contributed by atoms with Gasteiger partial charge in [0.15, 0.2) is 0 Å². The van der Waals surface area contributed by atoms with E-state index in [4.69, 9.17) is 21.4 Å². The second-order valence-corrected chi connectivity index (χ2v) is 6.54. The molecule has 24 heavy (non-hydrogen) atoms. The number of carbonyl (C=O) groups excluding carboxylic acids is 2. The summed E-state index contributed by atoms with van der Waals surface area (Å²) < 4.78 is 10.8. The molecule has 5 nitrogen and oxygen atoms in total. The van der Waals surface area contributed by atoms with Crippen LogP contribution in [-0.4, -0.2) is 27.6 Å². The van der Waals surface area contributed by atoms with Gasteiger partial charge in [0.1, 0.15) is 10.1 Å². The number of nitrogens with zero attached hydrogens (tertiary/aromatic N) is 1. The van der Waals surface area contributed by atoms with Gasteiger partial charge in [0.05, 0.1) is 11.2 Å². The molecule has 2 heterocycles. The number of furan rings is 1. The van der Waals surface area contributed by atoms with Gasteiger partial charge in [0, 0.05) is 6.54 Å². The monoisotopic (exact) mass is 359 g/mol. The van der Waals surface area contributed by atoms with E-state index in [2.05, 4.69) is 0 Å². The third-order valence-corrected chi connectivity index (χ3v) is 4.68. The number of carbonyl (C=O) groups is 2. The molecule has 1 fully saturated rings. The van der Waals surface area contributed by atoms with Gasteiger partial charge < -0.3 is 9.15 Å². The van der Waals surface area contributed by atoms with Crippen LogP contribution in [0.1, 0.15) is 23.0 Å². The lowest BCUT2D eigenvalue weighted by molar-refractivity contribution is -0.121. The molecule has 2 aromatic rings. The number of thioether (sulfide) groups is 1. The maximum atomic E-state index is 12.2. The molecule has 1 aromatic carbocycles. The van der Waals surface area contributed by atoms with Gasteiger partial charge in [-0.1, -0.05) is 36.1 Å². The first-order chi connectivity index (χ1) is 11.6. The van der Waals surface area contributed by atoms with Crippen LogP contribution in [0.2, 0.25) is 0 Å². The number of benzene rings is 1. The fourth-order valence-electron chi connectivity index (χ4n) is 2.11. The van der Waals surface area contributed by atoms with Crippen LogP contribution in [0.15, 0.2) is 52.0 Å². The zero-order valence-corrected chi connectivity index (χ0v) is 14.4. The first kappa shape index (κ1) is 16.5. The normalized spacial score (nSPS) is 16.0. The molecule has 1 aromatic heterocycles. The van der Waals surface area contributed by atoms with Gasteiger partial charge in [-0.05, 0) is 42.8 Å². The molecule has 3 rings (SSSR count). The summed E-state index contributed by atoms with van der Waals surface area (Å²) in [5, 5.41) is 0. The Bertz CT molecular complexity index is 810. The standard InChI is InChI=1S/C17H13NO4S2/c1-2-18-15(19)14(24-17(18)23)10-11-5-7-12(8-6-11)22-16(20)13-4-3-9-21-13/h3-10H,2H2,1H3/b14-10+. The molecule has 0 radical (unpaired) electrons. The lowest BCUT2D eigenvalue weighted by Crippen LogP contribution is -2.27. The molecule has 0 bridgehead atoms. The first-order valence-corrected chi connectivity index (χ1v) is 8.42. The van der Waals surface area contributed by atoms with Gasteiger partial charge in [0.2, 0.25) is 5.76 Å². The predicted octanol–water partition coefficient (Wildman–Crippen LogP) is 3.72. The highest BCUT2D eigenvalue weighted by Gasteiger charge is 2.30. The summed E-state index contributed by atoms with van der Waals surface area (Å²) >= 11 is 6.46. The largest absolute Gasteiger partial charge is 0.457 e. The average Bonchev–Trinajstić information content (AvgIpc) is 3.19. The van der Waals surface area contributed by atoms with E-state index in [-0.39, 0.29) is 11.7 Å². The van der Waals surface area contributed by atoms with Crippen LogP contribution in [0.5, 0.6) is 5.75 Å². The fourth-order valence-corrected chi connectivity index (χ4v) is 3.49. The molecule has 1 amide bonds. The van der Waals surface area contributed by atoms with E-state index < -0.39 is 5.97 Å². The molecular weight excluding hydrogens is 346 g/mol. The molecule has 0 aliphatic carbocycles. The van der Waals surface area contributed by atoms with Crippen LogP contribution in [-0.2, 0) is 4.79 Å². The number of hydrogen-bond donors (Lipinski definition) is 0. The van der Waals surface area contributed by atoms with Crippen LogP contribution in [0.25, 0.3) is 6.08 Å². The minimum absolute atomic E-state index is 0.0826. The SMILES string of the molecule is CCN1C(=O)/C(=C\c2ccc(OC(=O)c3ccco3)cc2)SC1=S. The minimum Gasteiger partial charge on any atom is -0.457 e. The summed E-state index contributed by atoms with van der Waals surface area (Å²) in [5.74, 6) is -0.102. The van der Waals surface area contributed by atoms with Crippen molar-refractivity contribution in [3.63, 3.8) is 0 Å². The van der Waals surface area contributed by atoms with Gasteiger partial charge in [-0.15, -0.1) is 0 Å². The van der Waals surface area contributed by atoms with Gasteiger partial charge in [-0.3, -0.25) is 9.69 Å². The number of ether oxygens (including phenoxy) is 1. The van der Waals surface area contributed by atoms with Crippen molar-refractivity contribution in [1.82, 2.24) is 4.90 Å². The van der Waals surface area contributed by atoms with E-state index in [0.29, 0.717) is 21.5 Å². The maximum Gasteiger partial charge on any atom is 0.379 e. The summed E-state index contributed by atoms with van der Waals surface area (Å²) in [5.41, 5.74) is 0.824.